The van der Waals surface area contributed by atoms with E-state index in [0.29, 0.717) is 5.69 Å². The largest absolute Gasteiger partial charge is 0.506 e. The molecule has 0 saturated carbocycles. The molecular formula is C14H10ClN3OS. The maximum atomic E-state index is 9.36. The van der Waals surface area contributed by atoms with Crippen molar-refractivity contribution in [1.29, 1.82) is 0 Å². The van der Waals surface area contributed by atoms with E-state index in [2.05, 4.69) is 14.6 Å². The van der Waals surface area contributed by atoms with Gasteiger partial charge in [-0.05, 0) is 48.8 Å². The number of aromatic nitrogens is 1. The Morgan fingerprint density at radius 3 is 2.80 bits per heavy atom. The van der Waals surface area contributed by atoms with Gasteiger partial charge < -0.3 is 5.11 Å². The number of azo groups is 1. The maximum absolute atomic E-state index is 9.36. The van der Waals surface area contributed by atoms with Crippen LogP contribution in [0.15, 0.2) is 46.6 Å². The van der Waals surface area contributed by atoms with Crippen LogP contribution in [0, 0.1) is 6.92 Å². The molecule has 0 amide bonds. The van der Waals surface area contributed by atoms with Gasteiger partial charge in [-0.1, -0.05) is 23.2 Å². The van der Waals surface area contributed by atoms with Crippen molar-refractivity contribution in [3.05, 3.63) is 47.0 Å². The summed E-state index contributed by atoms with van der Waals surface area (Å²) < 4.78 is 4.33. The van der Waals surface area contributed by atoms with Gasteiger partial charge in [-0.25, -0.2) is 0 Å². The fourth-order valence-corrected chi connectivity index (χ4v) is 2.63. The molecule has 0 fully saturated rings. The van der Waals surface area contributed by atoms with Gasteiger partial charge in [0, 0.05) is 5.39 Å². The molecule has 0 aliphatic carbocycles. The van der Waals surface area contributed by atoms with Gasteiger partial charge in [0.05, 0.1) is 16.2 Å². The minimum Gasteiger partial charge on any atom is -0.506 e. The zero-order chi connectivity index (χ0) is 14.1. The lowest BCUT2D eigenvalue weighted by atomic mass is 10.2. The fraction of sp³-hybridized carbons (Fsp3) is 0.0714. The van der Waals surface area contributed by atoms with Crippen LogP contribution < -0.4 is 0 Å². The van der Waals surface area contributed by atoms with Crippen LogP contribution in [0.25, 0.3) is 10.9 Å². The van der Waals surface area contributed by atoms with Crippen LogP contribution in [0.4, 0.5) is 10.7 Å². The summed E-state index contributed by atoms with van der Waals surface area (Å²) in [6, 6.07) is 10.7. The average Bonchev–Trinajstić information content (AvgIpc) is 2.82. The van der Waals surface area contributed by atoms with Gasteiger partial charge in [0.15, 0.2) is 5.00 Å². The van der Waals surface area contributed by atoms with Gasteiger partial charge in [0.2, 0.25) is 0 Å². The lowest BCUT2D eigenvalue weighted by molar-refractivity contribution is 0.475. The molecule has 3 aromatic rings. The van der Waals surface area contributed by atoms with Crippen LogP contribution in [0.2, 0.25) is 5.02 Å². The third kappa shape index (κ3) is 2.50. The first-order valence-electron chi connectivity index (χ1n) is 5.90. The monoisotopic (exact) mass is 303 g/mol. The Kier molecular flexibility index (Phi) is 3.38. The number of aryl methyl sites for hydroxylation is 1. The summed E-state index contributed by atoms with van der Waals surface area (Å²) in [6.45, 7) is 2.03. The predicted molar refractivity (Wildman–Crippen MR) is 81.6 cm³/mol. The van der Waals surface area contributed by atoms with Gasteiger partial charge in [0.1, 0.15) is 5.75 Å². The van der Waals surface area contributed by atoms with Crippen molar-refractivity contribution >= 4 is 44.7 Å². The van der Waals surface area contributed by atoms with Crippen molar-refractivity contribution in [3.8, 4) is 5.75 Å². The Balaban J connectivity index is 1.97. The third-order valence-electron chi connectivity index (χ3n) is 2.80. The summed E-state index contributed by atoms with van der Waals surface area (Å²) >= 11 is 7.13. The zero-order valence-corrected chi connectivity index (χ0v) is 12.1. The number of benzene rings is 2. The SMILES string of the molecule is Cc1ccc2nsc(/N=N/c3ccc(O)c(Cl)c3)c2c1. The summed E-state index contributed by atoms with van der Waals surface area (Å²) in [5.74, 6) is 0.0319. The van der Waals surface area contributed by atoms with Crippen LogP contribution >= 0.6 is 23.1 Å². The first-order chi connectivity index (χ1) is 9.63. The van der Waals surface area contributed by atoms with Crippen molar-refractivity contribution in [3.63, 3.8) is 0 Å². The first-order valence-corrected chi connectivity index (χ1v) is 7.05. The molecule has 0 aliphatic heterocycles. The molecule has 3 rings (SSSR count). The summed E-state index contributed by atoms with van der Waals surface area (Å²) in [7, 11) is 0. The van der Waals surface area contributed by atoms with E-state index in [1.807, 2.05) is 25.1 Å². The van der Waals surface area contributed by atoms with E-state index in [4.69, 9.17) is 11.6 Å². The van der Waals surface area contributed by atoms with E-state index >= 15 is 0 Å². The second-order valence-electron chi connectivity index (χ2n) is 4.34. The van der Waals surface area contributed by atoms with Crippen molar-refractivity contribution in [2.24, 2.45) is 10.2 Å². The summed E-state index contributed by atoms with van der Waals surface area (Å²) in [6.07, 6.45) is 0. The van der Waals surface area contributed by atoms with Gasteiger partial charge in [0.25, 0.3) is 0 Å². The molecule has 1 aromatic heterocycles. The third-order valence-corrected chi connectivity index (χ3v) is 3.87. The Morgan fingerprint density at radius 2 is 2.00 bits per heavy atom. The highest BCUT2D eigenvalue weighted by Gasteiger charge is 2.05. The molecule has 0 spiro atoms. The molecule has 0 radical (unpaired) electrons. The van der Waals surface area contributed by atoms with Crippen molar-refractivity contribution in [2.45, 2.75) is 6.92 Å². The smallest absolute Gasteiger partial charge is 0.166 e. The number of aromatic hydroxyl groups is 1. The molecule has 4 nitrogen and oxygen atoms in total. The van der Waals surface area contributed by atoms with E-state index in [1.165, 1.54) is 17.6 Å². The minimum absolute atomic E-state index is 0.0319. The Hall–Kier alpha value is -1.98. The molecule has 0 atom stereocenters. The number of nitrogens with zero attached hydrogens (tertiary/aromatic N) is 3. The Morgan fingerprint density at radius 1 is 1.15 bits per heavy atom. The number of hydrogen-bond donors (Lipinski definition) is 1. The summed E-state index contributed by atoms with van der Waals surface area (Å²) in [4.78, 5) is 0. The number of fused-ring (bicyclic) bond motifs is 1. The molecule has 1 heterocycles. The van der Waals surface area contributed by atoms with Crippen molar-refractivity contribution in [1.82, 2.24) is 4.37 Å². The van der Waals surface area contributed by atoms with E-state index in [9.17, 15) is 5.11 Å². The van der Waals surface area contributed by atoms with Gasteiger partial charge in [-0.15, -0.1) is 10.2 Å². The topological polar surface area (TPSA) is 57.8 Å². The van der Waals surface area contributed by atoms with Crippen LogP contribution in [0.3, 0.4) is 0 Å². The molecule has 1 N–H and O–H groups in total. The molecule has 0 aliphatic rings. The highest BCUT2D eigenvalue weighted by molar-refractivity contribution is 7.11. The number of phenols is 1. The average molecular weight is 304 g/mol. The Bertz CT molecular complexity index is 813. The predicted octanol–water partition coefficient (Wildman–Crippen LogP) is 5.38. The van der Waals surface area contributed by atoms with Gasteiger partial charge >= 0.3 is 0 Å². The molecule has 0 unspecified atom stereocenters. The second-order valence-corrected chi connectivity index (χ2v) is 5.50. The van der Waals surface area contributed by atoms with Crippen molar-refractivity contribution < 1.29 is 5.11 Å². The number of hydrogen-bond acceptors (Lipinski definition) is 5. The highest BCUT2D eigenvalue weighted by atomic mass is 35.5. The van der Waals surface area contributed by atoms with E-state index in [1.54, 1.807) is 12.1 Å². The van der Waals surface area contributed by atoms with Crippen LogP contribution in [0.5, 0.6) is 5.75 Å². The normalized spacial score (nSPS) is 11.5. The van der Waals surface area contributed by atoms with Gasteiger partial charge in [-0.3, -0.25) is 0 Å². The lowest BCUT2D eigenvalue weighted by Crippen LogP contribution is -1.71. The molecule has 0 saturated heterocycles. The Labute approximate surface area is 124 Å². The summed E-state index contributed by atoms with van der Waals surface area (Å²) in [5, 5.41) is 19.7. The zero-order valence-electron chi connectivity index (χ0n) is 10.5. The molecule has 100 valence electrons. The lowest BCUT2D eigenvalue weighted by Gasteiger charge is -1.96. The van der Waals surface area contributed by atoms with E-state index in [0.717, 1.165) is 21.5 Å². The second kappa shape index (κ2) is 5.19. The van der Waals surface area contributed by atoms with Crippen molar-refractivity contribution in [2.75, 3.05) is 0 Å². The first kappa shape index (κ1) is 13.0. The van der Waals surface area contributed by atoms with Gasteiger partial charge in [-0.2, -0.15) is 4.37 Å². The summed E-state index contributed by atoms with van der Waals surface area (Å²) in [5.41, 5.74) is 2.65. The van der Waals surface area contributed by atoms with Crippen LogP contribution in [-0.2, 0) is 0 Å². The fourth-order valence-electron chi connectivity index (χ4n) is 1.78. The number of halogens is 1. The van der Waals surface area contributed by atoms with E-state index in [-0.39, 0.29) is 10.8 Å². The molecular weight excluding hydrogens is 294 g/mol. The highest BCUT2D eigenvalue weighted by Crippen LogP contribution is 2.33. The minimum atomic E-state index is 0.0319. The number of rotatable bonds is 2. The standard InChI is InChI=1S/C14H10ClN3OS/c1-8-2-4-12-10(6-8)14(20-18-12)17-16-9-3-5-13(19)11(15)7-9/h2-7,19H,1H3/b17-16+. The molecule has 6 heteroatoms. The van der Waals surface area contributed by atoms with Crippen LogP contribution in [0.1, 0.15) is 5.56 Å². The van der Waals surface area contributed by atoms with E-state index < -0.39 is 0 Å². The molecule has 20 heavy (non-hydrogen) atoms. The molecule has 2 aromatic carbocycles. The number of phenolic OH excluding ortho intramolecular Hbond substituents is 1. The molecule has 0 bridgehead atoms. The quantitative estimate of drug-likeness (QED) is 0.646. The van der Waals surface area contributed by atoms with Crippen LogP contribution in [-0.4, -0.2) is 9.48 Å². The maximum Gasteiger partial charge on any atom is 0.166 e.